The number of hydrogen-bond donors (Lipinski definition) is 2. The van der Waals surface area contributed by atoms with E-state index < -0.39 is 26.3 Å². The number of carbonyl (C=O) groups excluding carboxylic acids is 1. The smallest absolute Gasteiger partial charge is 0.239 e. The highest BCUT2D eigenvalue weighted by Gasteiger charge is 2.47. The lowest BCUT2D eigenvalue weighted by molar-refractivity contribution is -0.118. The number of nitrogens with one attached hydrogen (secondary N) is 2. The van der Waals surface area contributed by atoms with Crippen LogP contribution in [-0.4, -0.2) is 80.4 Å². The second kappa shape index (κ2) is 15.6. The monoisotopic (exact) mass is 738 g/mol. The number of nitrogens with zero attached hydrogens (tertiary/aromatic N) is 4. The molecule has 0 saturated carbocycles. The fourth-order valence-corrected chi connectivity index (χ4v) is 7.78. The maximum atomic E-state index is 12.0. The number of aromatic nitrogens is 4. The molecule has 6 rings (SSSR count). The molecule has 1 aliphatic heterocycles. The van der Waals surface area contributed by atoms with Gasteiger partial charge in [0, 0.05) is 13.5 Å². The number of imidazole rings is 1. The molecule has 1 aliphatic rings. The van der Waals surface area contributed by atoms with E-state index in [4.69, 9.17) is 23.4 Å². The van der Waals surface area contributed by atoms with Gasteiger partial charge in [-0.05, 0) is 59.1 Å². The van der Waals surface area contributed by atoms with Gasteiger partial charge < -0.3 is 34.0 Å². The molecule has 1 saturated heterocycles. The molecule has 1 amide bonds. The molecule has 1 fully saturated rings. The summed E-state index contributed by atoms with van der Waals surface area (Å²) < 4.78 is 34.4. The van der Waals surface area contributed by atoms with Gasteiger partial charge in [-0.15, -0.1) is 0 Å². The van der Waals surface area contributed by atoms with Crippen LogP contribution in [0.2, 0.25) is 18.1 Å². The van der Waals surface area contributed by atoms with Gasteiger partial charge in [0.15, 0.2) is 25.3 Å². The number of fused-ring (bicyclic) bond motifs is 1. The van der Waals surface area contributed by atoms with Gasteiger partial charge in [-0.1, -0.05) is 75.4 Å². The van der Waals surface area contributed by atoms with E-state index in [0.29, 0.717) is 23.4 Å². The molecule has 0 bridgehead atoms. The van der Waals surface area contributed by atoms with Crippen LogP contribution in [0, 0.1) is 0 Å². The molecule has 3 aromatic carbocycles. The lowest BCUT2D eigenvalue weighted by Gasteiger charge is -2.40. The number of amides is 1. The van der Waals surface area contributed by atoms with Crippen molar-refractivity contribution in [1.82, 2.24) is 24.8 Å². The van der Waals surface area contributed by atoms with E-state index in [1.807, 2.05) is 71.3 Å². The largest absolute Gasteiger partial charge is 0.497 e. The molecule has 2 aromatic heterocycles. The van der Waals surface area contributed by atoms with E-state index in [1.54, 1.807) is 27.6 Å². The number of rotatable bonds is 14. The second-order valence-corrected chi connectivity index (χ2v) is 19.4. The fourth-order valence-electron chi connectivity index (χ4n) is 6.43. The molecule has 0 radical (unpaired) electrons. The summed E-state index contributed by atoms with van der Waals surface area (Å²) in [6, 6.07) is 26.2. The van der Waals surface area contributed by atoms with Crippen LogP contribution in [0.25, 0.3) is 11.2 Å². The van der Waals surface area contributed by atoms with Gasteiger partial charge in [0.2, 0.25) is 5.91 Å². The number of hydrogen-bond acceptors (Lipinski definition) is 10. The van der Waals surface area contributed by atoms with Crippen molar-refractivity contribution in [2.75, 3.05) is 39.7 Å². The Morgan fingerprint density at radius 2 is 1.49 bits per heavy atom. The second-order valence-electron chi connectivity index (χ2n) is 14.7. The van der Waals surface area contributed by atoms with Gasteiger partial charge in [-0.2, -0.15) is 0 Å². The maximum absolute atomic E-state index is 12.0. The van der Waals surface area contributed by atoms with Crippen LogP contribution in [0.5, 0.6) is 11.5 Å². The number of methoxy groups -OCH3 is 2. The third-order valence-electron chi connectivity index (χ3n) is 10.4. The van der Waals surface area contributed by atoms with Crippen LogP contribution >= 0.6 is 0 Å². The lowest BCUT2D eigenvalue weighted by Crippen LogP contribution is -2.47. The predicted molar refractivity (Wildman–Crippen MR) is 207 cm³/mol. The van der Waals surface area contributed by atoms with Crippen molar-refractivity contribution in [3.8, 4) is 11.5 Å². The molecular formula is C40H50N6O6Si. The van der Waals surface area contributed by atoms with E-state index in [2.05, 4.69) is 71.6 Å². The van der Waals surface area contributed by atoms with Crippen LogP contribution < -0.4 is 20.1 Å². The van der Waals surface area contributed by atoms with Crippen LogP contribution in [0.1, 0.15) is 50.1 Å². The summed E-state index contributed by atoms with van der Waals surface area (Å²) in [4.78, 5) is 25.5. The van der Waals surface area contributed by atoms with Crippen molar-refractivity contribution in [3.63, 3.8) is 0 Å². The average Bonchev–Trinajstić information content (AvgIpc) is 3.78. The Bertz CT molecular complexity index is 1930. The zero-order valence-corrected chi connectivity index (χ0v) is 32.8. The first-order valence-electron chi connectivity index (χ1n) is 17.8. The number of carbonyl (C=O) groups is 1. The minimum Gasteiger partial charge on any atom is -0.497 e. The van der Waals surface area contributed by atoms with Crippen molar-refractivity contribution in [3.05, 3.63) is 108 Å². The third-order valence-corrected chi connectivity index (χ3v) is 14.9. The molecule has 53 heavy (non-hydrogen) atoms. The summed E-state index contributed by atoms with van der Waals surface area (Å²) in [5.41, 5.74) is 2.93. The Morgan fingerprint density at radius 3 is 2.06 bits per heavy atom. The van der Waals surface area contributed by atoms with E-state index in [1.165, 1.54) is 6.33 Å². The van der Waals surface area contributed by atoms with Crippen molar-refractivity contribution in [2.45, 2.75) is 69.4 Å². The lowest BCUT2D eigenvalue weighted by atomic mass is 9.80. The van der Waals surface area contributed by atoms with E-state index in [0.717, 1.165) is 28.2 Å². The highest BCUT2D eigenvalue weighted by atomic mass is 28.4. The fraction of sp³-hybridized carbons (Fsp3) is 0.400. The number of benzene rings is 3. The minimum absolute atomic E-state index is 0.0310. The van der Waals surface area contributed by atoms with E-state index >= 15 is 0 Å². The Kier molecular flexibility index (Phi) is 11.2. The molecule has 3 atom stereocenters. The molecule has 13 heteroatoms. The molecular weight excluding hydrogens is 689 g/mol. The van der Waals surface area contributed by atoms with Crippen molar-refractivity contribution >= 4 is 31.2 Å². The summed E-state index contributed by atoms with van der Waals surface area (Å²) in [5.74, 6) is 1.80. The normalized spacial score (nSPS) is 17.8. The Balaban J connectivity index is 1.40. The first-order chi connectivity index (χ1) is 25.4. The van der Waals surface area contributed by atoms with Gasteiger partial charge in [0.25, 0.3) is 0 Å². The summed E-state index contributed by atoms with van der Waals surface area (Å²) >= 11 is 0. The zero-order valence-electron chi connectivity index (χ0n) is 31.8. The molecule has 0 aliphatic carbocycles. The molecule has 0 unspecified atom stereocenters. The number of ether oxygens (including phenoxy) is 4. The molecule has 12 nitrogen and oxygen atoms in total. The molecule has 0 spiro atoms. The average molecular weight is 739 g/mol. The van der Waals surface area contributed by atoms with E-state index in [-0.39, 0.29) is 30.2 Å². The van der Waals surface area contributed by atoms with Crippen LogP contribution in [0.4, 0.5) is 5.82 Å². The molecule has 3 heterocycles. The standard InChI is InChI=1S/C40H50N6O6Si/c1-39(2,3)53(7,8)52-32-22-35(46-26-45-36-37(42-23-34(47)41-4)43-25-44-38(36)46)51-33(32)24-50-40(27-12-10-9-11-13-27,28-14-18-30(48-5)19-15-28)29-16-20-31(49-6)21-17-29/h9-21,25-26,32-33,35H,22-24H2,1-8H3,(H,41,47)(H,42,43,44)/t32-,33+,35+/m0/s1. The molecule has 280 valence electrons. The topological polar surface area (TPSA) is 131 Å². The van der Waals surface area contributed by atoms with Gasteiger partial charge in [0.1, 0.15) is 35.8 Å². The maximum Gasteiger partial charge on any atom is 0.239 e. The zero-order chi connectivity index (χ0) is 37.8. The van der Waals surface area contributed by atoms with Crippen molar-refractivity contribution in [1.29, 1.82) is 0 Å². The first-order valence-corrected chi connectivity index (χ1v) is 20.7. The van der Waals surface area contributed by atoms with Gasteiger partial charge >= 0.3 is 0 Å². The first kappa shape index (κ1) is 37.9. The summed E-state index contributed by atoms with van der Waals surface area (Å²) in [7, 11) is 2.65. The van der Waals surface area contributed by atoms with Crippen molar-refractivity contribution in [2.24, 2.45) is 0 Å². The third kappa shape index (κ3) is 7.79. The predicted octanol–water partition coefficient (Wildman–Crippen LogP) is 6.69. The van der Waals surface area contributed by atoms with Gasteiger partial charge in [-0.3, -0.25) is 9.36 Å². The summed E-state index contributed by atoms with van der Waals surface area (Å²) in [6.45, 7) is 11.5. The van der Waals surface area contributed by atoms with E-state index in [9.17, 15) is 4.79 Å². The van der Waals surface area contributed by atoms with Crippen LogP contribution in [0.3, 0.4) is 0 Å². The Morgan fingerprint density at radius 1 is 0.887 bits per heavy atom. The highest BCUT2D eigenvalue weighted by molar-refractivity contribution is 6.74. The number of likely N-dealkylation sites (N-methyl/N-ethyl adjacent to an activating group) is 1. The molecule has 5 aromatic rings. The van der Waals surface area contributed by atoms with Crippen LogP contribution in [0.15, 0.2) is 91.5 Å². The highest BCUT2D eigenvalue weighted by Crippen LogP contribution is 2.45. The summed E-state index contributed by atoms with van der Waals surface area (Å²) in [6.07, 6.45) is 2.55. The SMILES string of the molecule is CNC(=O)CNc1ncnc2c1ncn2[C@H]1C[C@H](O[Si](C)(C)C(C)(C)C)[C@@H](COC(c2ccccc2)(c2ccc(OC)cc2)c2ccc(OC)cc2)O1. The molecule has 2 N–H and O–H groups in total. The van der Waals surface area contributed by atoms with Gasteiger partial charge in [0.05, 0.1) is 39.8 Å². The Hall–Kier alpha value is -4.82. The minimum atomic E-state index is -2.26. The van der Waals surface area contributed by atoms with Gasteiger partial charge in [-0.25, -0.2) is 15.0 Å². The van der Waals surface area contributed by atoms with Crippen molar-refractivity contribution < 1.29 is 28.2 Å². The number of anilines is 1. The Labute approximate surface area is 312 Å². The summed E-state index contributed by atoms with van der Waals surface area (Å²) in [5, 5.41) is 5.65. The quantitative estimate of drug-likeness (QED) is 0.0939. The van der Waals surface area contributed by atoms with Crippen LogP contribution in [-0.2, 0) is 24.3 Å².